The molecule has 0 aliphatic rings. The monoisotopic (exact) mass is 411 g/mol. The first kappa shape index (κ1) is 21.4. The van der Waals surface area contributed by atoms with Crippen LogP contribution < -0.4 is 0 Å². The number of allylic oxidation sites excluding steroid dienone is 2. The molecule has 0 radical (unpaired) electrons. The molecule has 0 atom stereocenters. The van der Waals surface area contributed by atoms with Gasteiger partial charge in [0.2, 0.25) is 5.82 Å². The molecular formula is C23H23F2N3O2. The molecule has 0 saturated carbocycles. The summed E-state index contributed by atoms with van der Waals surface area (Å²) in [4.78, 5) is 15.6. The molecule has 3 aromatic rings. The molecule has 0 unspecified atom stereocenters. The lowest BCUT2D eigenvalue weighted by atomic mass is 9.98. The van der Waals surface area contributed by atoms with Gasteiger partial charge in [0, 0.05) is 12.8 Å². The van der Waals surface area contributed by atoms with Crippen LogP contribution in [0.15, 0.2) is 60.7 Å². The van der Waals surface area contributed by atoms with E-state index in [0.29, 0.717) is 24.4 Å². The van der Waals surface area contributed by atoms with E-state index in [4.69, 9.17) is 0 Å². The molecule has 0 saturated heterocycles. The van der Waals surface area contributed by atoms with Crippen molar-refractivity contribution >= 4 is 5.97 Å². The number of alkyl halides is 2. The van der Waals surface area contributed by atoms with Crippen LogP contribution in [0, 0.1) is 0 Å². The Kier molecular flexibility index (Phi) is 6.40. The van der Waals surface area contributed by atoms with Gasteiger partial charge in [-0.05, 0) is 29.7 Å². The van der Waals surface area contributed by atoms with Gasteiger partial charge >= 0.3 is 11.9 Å². The second-order valence-corrected chi connectivity index (χ2v) is 6.89. The van der Waals surface area contributed by atoms with Gasteiger partial charge in [0.05, 0.1) is 12.1 Å². The molecule has 0 spiro atoms. The number of nitrogens with zero attached hydrogens (tertiary/aromatic N) is 3. The van der Waals surface area contributed by atoms with Crippen molar-refractivity contribution in [3.8, 4) is 11.1 Å². The summed E-state index contributed by atoms with van der Waals surface area (Å²) >= 11 is 0. The van der Waals surface area contributed by atoms with Gasteiger partial charge in [-0.1, -0.05) is 61.5 Å². The van der Waals surface area contributed by atoms with Gasteiger partial charge in [-0.2, -0.15) is 8.78 Å². The molecule has 7 heteroatoms. The lowest BCUT2D eigenvalue weighted by molar-refractivity contribution is -0.0177. The van der Waals surface area contributed by atoms with E-state index < -0.39 is 17.7 Å². The third-order valence-electron chi connectivity index (χ3n) is 4.82. The number of carboxylic acid groups (broad SMARTS) is 1. The molecule has 1 aromatic heterocycles. The molecule has 2 aromatic carbocycles. The molecule has 1 N–H and O–H groups in total. The molecular weight excluding hydrogens is 388 g/mol. The molecule has 0 amide bonds. The Morgan fingerprint density at radius 3 is 2.50 bits per heavy atom. The largest absolute Gasteiger partial charge is 0.478 e. The normalized spacial score (nSPS) is 11.9. The van der Waals surface area contributed by atoms with Crippen LogP contribution in [-0.4, -0.2) is 25.8 Å². The number of rotatable bonds is 8. The Bertz CT molecular complexity index is 1060. The number of carbonyl (C=O) groups is 1. The van der Waals surface area contributed by atoms with Crippen molar-refractivity contribution in [1.29, 1.82) is 0 Å². The Hall–Kier alpha value is -3.35. The van der Waals surface area contributed by atoms with E-state index in [1.807, 2.05) is 43.3 Å². The first-order chi connectivity index (χ1) is 14.4. The summed E-state index contributed by atoms with van der Waals surface area (Å²) in [6, 6.07) is 14.1. The maximum Gasteiger partial charge on any atom is 0.336 e. The van der Waals surface area contributed by atoms with E-state index >= 15 is 0 Å². The number of benzene rings is 2. The van der Waals surface area contributed by atoms with Crippen LogP contribution in [0.3, 0.4) is 0 Å². The lowest BCUT2D eigenvalue weighted by Gasteiger charge is -2.08. The lowest BCUT2D eigenvalue weighted by Crippen LogP contribution is -2.14. The summed E-state index contributed by atoms with van der Waals surface area (Å²) < 4.78 is 29.7. The van der Waals surface area contributed by atoms with Gasteiger partial charge in [0.25, 0.3) is 0 Å². The Morgan fingerprint density at radius 2 is 1.87 bits per heavy atom. The minimum atomic E-state index is -3.07. The summed E-state index contributed by atoms with van der Waals surface area (Å²) in [5.41, 5.74) is 2.48. The van der Waals surface area contributed by atoms with E-state index in [1.165, 1.54) is 11.6 Å². The third-order valence-corrected chi connectivity index (χ3v) is 4.82. The van der Waals surface area contributed by atoms with Gasteiger partial charge in [-0.3, -0.25) is 0 Å². The summed E-state index contributed by atoms with van der Waals surface area (Å²) in [5, 5.41) is 13.4. The molecule has 156 valence electrons. The highest BCUT2D eigenvalue weighted by Gasteiger charge is 2.35. The van der Waals surface area contributed by atoms with Crippen LogP contribution in [0.25, 0.3) is 11.1 Å². The zero-order chi connectivity index (χ0) is 21.7. The van der Waals surface area contributed by atoms with Crippen LogP contribution in [0.4, 0.5) is 8.78 Å². The fourth-order valence-corrected chi connectivity index (χ4v) is 3.08. The summed E-state index contributed by atoms with van der Waals surface area (Å²) in [6.07, 6.45) is 3.64. The smallest absolute Gasteiger partial charge is 0.336 e. The molecule has 0 aliphatic carbocycles. The predicted octanol–water partition coefficient (Wildman–Crippen LogP) is 5.31. The van der Waals surface area contributed by atoms with E-state index in [-0.39, 0.29) is 12.0 Å². The first-order valence-electron chi connectivity index (χ1n) is 9.70. The van der Waals surface area contributed by atoms with Crippen molar-refractivity contribution < 1.29 is 18.7 Å². The van der Waals surface area contributed by atoms with E-state index in [1.54, 1.807) is 24.3 Å². The Morgan fingerprint density at radius 1 is 1.17 bits per heavy atom. The van der Waals surface area contributed by atoms with Gasteiger partial charge in [-0.25, -0.2) is 14.5 Å². The van der Waals surface area contributed by atoms with Crippen molar-refractivity contribution in [3.05, 3.63) is 83.5 Å². The van der Waals surface area contributed by atoms with Crippen LogP contribution >= 0.6 is 0 Å². The molecule has 0 aliphatic heterocycles. The van der Waals surface area contributed by atoms with E-state index in [9.17, 15) is 18.7 Å². The number of carboxylic acids is 1. The van der Waals surface area contributed by atoms with Gasteiger partial charge in [0.1, 0.15) is 5.82 Å². The van der Waals surface area contributed by atoms with Crippen LogP contribution in [0.5, 0.6) is 0 Å². The standard InChI is InChI=1S/C23H23F2N3O2/c1-3-5-14-28-20(26-22(27-28)23(24,25)4-2)15-16-10-12-17(13-11-16)18-8-6-7-9-19(18)21(29)30/h3,5-13H,4,14-15H2,1-2H3,(H,29,30)/b5-3+. The Balaban J connectivity index is 1.89. The average Bonchev–Trinajstić information content (AvgIpc) is 3.16. The fourth-order valence-electron chi connectivity index (χ4n) is 3.08. The minimum absolute atomic E-state index is 0.225. The predicted molar refractivity (Wildman–Crippen MR) is 111 cm³/mol. The van der Waals surface area contributed by atoms with E-state index in [0.717, 1.165) is 11.1 Å². The van der Waals surface area contributed by atoms with Gasteiger partial charge < -0.3 is 5.11 Å². The van der Waals surface area contributed by atoms with Crippen LogP contribution in [-0.2, 0) is 18.9 Å². The fraction of sp³-hybridized carbons (Fsp3) is 0.261. The van der Waals surface area contributed by atoms with Gasteiger partial charge in [-0.15, -0.1) is 5.10 Å². The van der Waals surface area contributed by atoms with Crippen LogP contribution in [0.2, 0.25) is 0 Å². The number of hydrogen-bond donors (Lipinski definition) is 1. The second-order valence-electron chi connectivity index (χ2n) is 6.89. The summed E-state index contributed by atoms with van der Waals surface area (Å²) in [5.74, 6) is -4.07. The number of aromatic carboxylic acids is 1. The highest BCUT2D eigenvalue weighted by Crippen LogP contribution is 2.29. The third kappa shape index (κ3) is 4.62. The highest BCUT2D eigenvalue weighted by atomic mass is 19.3. The van der Waals surface area contributed by atoms with Crippen molar-refractivity contribution in [2.75, 3.05) is 0 Å². The van der Waals surface area contributed by atoms with E-state index in [2.05, 4.69) is 10.1 Å². The van der Waals surface area contributed by atoms with Crippen molar-refractivity contribution in [1.82, 2.24) is 14.8 Å². The average molecular weight is 411 g/mol. The Labute approximate surface area is 173 Å². The molecule has 0 fully saturated rings. The quantitative estimate of drug-likeness (QED) is 0.510. The minimum Gasteiger partial charge on any atom is -0.478 e. The zero-order valence-electron chi connectivity index (χ0n) is 16.8. The second kappa shape index (κ2) is 8.98. The van der Waals surface area contributed by atoms with Crippen molar-refractivity contribution in [2.45, 2.75) is 39.2 Å². The topological polar surface area (TPSA) is 68.0 Å². The molecule has 3 rings (SSSR count). The number of halogens is 2. The SMILES string of the molecule is C/C=C/Cn1nc(C(F)(F)CC)nc1Cc1ccc(-c2ccccc2C(=O)O)cc1. The highest BCUT2D eigenvalue weighted by molar-refractivity contribution is 5.95. The molecule has 0 bridgehead atoms. The van der Waals surface area contributed by atoms with Crippen molar-refractivity contribution in [2.24, 2.45) is 0 Å². The number of hydrogen-bond acceptors (Lipinski definition) is 3. The molecule has 1 heterocycles. The summed E-state index contributed by atoms with van der Waals surface area (Å²) in [6.45, 7) is 3.62. The zero-order valence-corrected chi connectivity index (χ0v) is 16.8. The van der Waals surface area contributed by atoms with Crippen LogP contribution in [0.1, 0.15) is 47.8 Å². The summed E-state index contributed by atoms with van der Waals surface area (Å²) in [7, 11) is 0. The maximum absolute atomic E-state index is 14.1. The number of aromatic nitrogens is 3. The molecule has 30 heavy (non-hydrogen) atoms. The van der Waals surface area contributed by atoms with Crippen molar-refractivity contribution in [3.63, 3.8) is 0 Å². The van der Waals surface area contributed by atoms with Gasteiger partial charge in [0.15, 0.2) is 0 Å². The maximum atomic E-state index is 14.1. The first-order valence-corrected chi connectivity index (χ1v) is 9.70. The molecule has 5 nitrogen and oxygen atoms in total.